The van der Waals surface area contributed by atoms with Crippen LogP contribution in [-0.4, -0.2) is 177 Å². The second-order valence-corrected chi connectivity index (χ2v) is 35.9. The quantitative estimate of drug-likeness (QED) is 0.0299. The SMILES string of the molecule is C=C1C=CN(c2ccc(OCCCNCC)cc2)C(=O)N1.C=C1CCN(c2ccc(OC3CCNCC3)cc2)C(=O)N1.C=C1CCN(c2cccc(OC3CCCCC3)c2)C(=O)N1.CC1CCc2cc(N3CCC(=O)NC3=O)nn2C1.O=C1CCN(c2cc3n(n2)CCCC3)C(=O)N1.O=c1ccn(-c2ccc(OC3CCNCC3)cc2)c(=O)[nH]1.O=c1ccn(-c2cccc(OC3CCCCC3)c2)c(=O)[nH]1. The minimum Gasteiger partial charge on any atom is -0.494 e. The van der Waals surface area contributed by atoms with Gasteiger partial charge in [0, 0.05) is 160 Å². The van der Waals surface area contributed by atoms with E-state index in [1.165, 1.54) is 105 Å². The molecule has 13 heterocycles. The van der Waals surface area contributed by atoms with Crippen molar-refractivity contribution < 1.29 is 57.2 Å². The lowest BCUT2D eigenvalue weighted by molar-refractivity contribution is -0.121. The summed E-state index contributed by atoms with van der Waals surface area (Å²) >= 11 is 0. The molecule has 11 aliphatic rings. The molecule has 20 rings (SSSR count). The third-order valence-electron chi connectivity index (χ3n) is 25.2. The Morgan fingerprint density at radius 2 is 0.857 bits per heavy atom. The average molecular weight is 1920 g/mol. The molecule has 742 valence electrons. The van der Waals surface area contributed by atoms with Gasteiger partial charge in [-0.05, 0) is 264 Å². The normalized spacial score (nSPS) is 18.5. The van der Waals surface area contributed by atoms with E-state index in [4.69, 9.17) is 23.7 Å². The van der Waals surface area contributed by atoms with Gasteiger partial charge in [-0.1, -0.05) is 58.6 Å². The van der Waals surface area contributed by atoms with Crippen LogP contribution in [0.2, 0.25) is 0 Å². The number of urea groups is 5. The van der Waals surface area contributed by atoms with Gasteiger partial charge in [0.15, 0.2) is 11.6 Å². The number of rotatable bonds is 21. The maximum absolute atomic E-state index is 12.0. The van der Waals surface area contributed by atoms with Crippen molar-refractivity contribution in [1.29, 1.82) is 0 Å². The summed E-state index contributed by atoms with van der Waals surface area (Å²) in [6.45, 7) is 26.2. The maximum Gasteiger partial charge on any atom is 0.332 e. The van der Waals surface area contributed by atoms with Crippen LogP contribution in [0.3, 0.4) is 0 Å². The molecule has 37 nitrogen and oxygen atoms in total. The minimum atomic E-state index is -0.450. The van der Waals surface area contributed by atoms with Gasteiger partial charge >= 0.3 is 41.5 Å². The number of hydrogen-bond acceptors (Lipinski definition) is 21. The zero-order valence-electron chi connectivity index (χ0n) is 79.8. The summed E-state index contributed by atoms with van der Waals surface area (Å²) in [5, 5.41) is 31.6. The number of nitrogens with zero attached hydrogens (tertiary/aromatic N) is 11. The molecule has 4 aromatic heterocycles. The molecule has 37 heteroatoms. The number of allylic oxidation sites excluding steroid dienone is 1. The zero-order valence-corrected chi connectivity index (χ0v) is 79.8. The summed E-state index contributed by atoms with van der Waals surface area (Å²) in [4.78, 5) is 140. The van der Waals surface area contributed by atoms with E-state index in [0.29, 0.717) is 92.5 Å². The molecule has 1 unspecified atom stereocenters. The van der Waals surface area contributed by atoms with Gasteiger partial charge in [0.1, 0.15) is 41.0 Å². The van der Waals surface area contributed by atoms with Gasteiger partial charge in [-0.3, -0.25) is 82.8 Å². The summed E-state index contributed by atoms with van der Waals surface area (Å²) in [5.74, 6) is 5.60. The molecular weight excluding hydrogens is 1790 g/mol. The van der Waals surface area contributed by atoms with Crippen molar-refractivity contribution in [2.45, 2.75) is 205 Å². The largest absolute Gasteiger partial charge is 0.494 e. The van der Waals surface area contributed by atoms with Crippen molar-refractivity contribution in [3.8, 4) is 40.1 Å². The highest BCUT2D eigenvalue weighted by molar-refractivity contribution is 6.06. The summed E-state index contributed by atoms with van der Waals surface area (Å²) in [6.07, 6.45) is 32.3. The van der Waals surface area contributed by atoms with E-state index in [-0.39, 0.29) is 54.2 Å². The van der Waals surface area contributed by atoms with E-state index in [1.54, 1.807) is 34.2 Å². The number of benzene rings is 5. The van der Waals surface area contributed by atoms with Crippen LogP contribution in [0.1, 0.15) is 166 Å². The maximum atomic E-state index is 12.0. The summed E-state index contributed by atoms with van der Waals surface area (Å²) < 4.78 is 36.3. The Morgan fingerprint density at radius 3 is 1.36 bits per heavy atom. The molecule has 9 aliphatic heterocycles. The number of piperidine rings is 2. The Kier molecular flexibility index (Phi) is 36.7. The lowest BCUT2D eigenvalue weighted by atomic mass is 9.98. The highest BCUT2D eigenvalue weighted by Gasteiger charge is 2.32. The summed E-state index contributed by atoms with van der Waals surface area (Å²) in [6, 6.07) is 43.1. The number of nitrogens with one attached hydrogen (secondary N) is 10. The number of amides is 12. The molecule has 2 aliphatic carbocycles. The molecule has 2 saturated carbocycles. The Hall–Kier alpha value is -14.6. The minimum absolute atomic E-state index is 0.110. The fourth-order valence-corrected chi connectivity index (χ4v) is 17.5. The second-order valence-electron chi connectivity index (χ2n) is 35.9. The molecule has 8 fully saturated rings. The van der Waals surface area contributed by atoms with E-state index in [0.717, 1.165) is 206 Å². The lowest BCUT2D eigenvalue weighted by Gasteiger charge is -2.29. The van der Waals surface area contributed by atoms with Crippen molar-refractivity contribution in [3.05, 3.63) is 260 Å². The number of aromatic amines is 2. The number of ether oxygens (including phenoxy) is 5. The predicted molar refractivity (Wildman–Crippen MR) is 536 cm³/mol. The van der Waals surface area contributed by atoms with Gasteiger partial charge < -0.3 is 55.6 Å². The number of carbonyl (C=O) groups is 7. The Labute approximate surface area is 813 Å². The van der Waals surface area contributed by atoms with Crippen molar-refractivity contribution in [3.63, 3.8) is 0 Å². The summed E-state index contributed by atoms with van der Waals surface area (Å²) in [7, 11) is 0. The number of aryl methyl sites for hydroxylation is 3. The van der Waals surface area contributed by atoms with Crippen LogP contribution in [0.15, 0.2) is 226 Å². The van der Waals surface area contributed by atoms with Crippen LogP contribution < -0.4 is 113 Å². The molecule has 5 aromatic carbocycles. The molecular formula is C103H129N21O16. The number of H-pyrrole nitrogens is 2. The first-order valence-corrected chi connectivity index (χ1v) is 48.9. The van der Waals surface area contributed by atoms with E-state index >= 15 is 0 Å². The first-order valence-electron chi connectivity index (χ1n) is 48.9. The highest BCUT2D eigenvalue weighted by Crippen LogP contribution is 2.33. The Morgan fingerprint density at radius 1 is 0.400 bits per heavy atom. The molecule has 9 aromatic rings. The van der Waals surface area contributed by atoms with Gasteiger partial charge in [-0.25, -0.2) is 33.6 Å². The van der Waals surface area contributed by atoms with Crippen LogP contribution in [0.4, 0.5) is 52.7 Å². The molecule has 0 radical (unpaired) electrons. The third-order valence-corrected chi connectivity index (χ3v) is 25.2. The van der Waals surface area contributed by atoms with Crippen LogP contribution >= 0.6 is 0 Å². The third kappa shape index (κ3) is 29.7. The zero-order chi connectivity index (χ0) is 98.2. The molecule has 0 bridgehead atoms. The van der Waals surface area contributed by atoms with Gasteiger partial charge in [0.25, 0.3) is 11.1 Å². The smallest absolute Gasteiger partial charge is 0.332 e. The van der Waals surface area contributed by atoms with Crippen LogP contribution in [0.25, 0.3) is 11.4 Å². The predicted octanol–water partition coefficient (Wildman–Crippen LogP) is 13.2. The first-order chi connectivity index (χ1) is 68.0. The highest BCUT2D eigenvalue weighted by atomic mass is 16.5. The lowest BCUT2D eigenvalue weighted by Crippen LogP contribution is -2.49. The fourth-order valence-electron chi connectivity index (χ4n) is 17.5. The number of fused-ring (bicyclic) bond motifs is 2. The van der Waals surface area contributed by atoms with E-state index < -0.39 is 22.5 Å². The van der Waals surface area contributed by atoms with Crippen molar-refractivity contribution >= 4 is 70.7 Å². The molecule has 140 heavy (non-hydrogen) atoms. The standard InChI is InChI=1S/C17H22N2O2.2C16H21N3O2.C16H18N2O3.C15H17N3O3.C12H16N4O2.C11H14N4O2/c1-13-10-11-19(17(20)18-13)14-6-5-9-16(12-14)21-15-7-3-2-4-8-15;1-12-8-11-19(16(20)18-12)13-2-4-14(5-3-13)21-15-6-9-17-10-7-15;1-3-17-10-4-12-21-15-7-5-14(6-8-15)19-11-9-13(2)18-16(19)20;19-15-9-10-18(16(20)17-15)12-5-4-8-14(11-12)21-13-6-2-1-3-7-13;19-14-7-10-18(15(20)17-14)11-1-3-12(4-2-11)21-13-5-8-16-9-6-13;1-8-2-3-9-6-10(14-16(9)7-8)15-5-4-11(17)13-12(15)18;16-10-4-6-14(11(17)12-10)9-7-8-3-1-2-5-15(8)13-9/h5-6,9,12,15H,1-4,7-8,10-11H2,(H,18,20);2-5,15,17H,1,6-11H2,(H,18,20);5-9,11,17H,2-4,10,12H2,1H3,(H,18,20);4-5,8-11,13H,1-3,6-7H2,(H,17,19,20);1-4,7,10,13,16H,5-6,8-9H2,(H,17,19,20);6,8H,2-5,7H2,1H3,(H,13,17,18);7H,1-6H2,(H,12,16,17). The number of hydrogen-bond donors (Lipinski definition) is 10. The number of aromatic nitrogens is 8. The average Bonchev–Trinajstić information content (AvgIpc) is 1.68. The summed E-state index contributed by atoms with van der Waals surface area (Å²) in [5.41, 5.74) is 6.74. The Bertz CT molecular complexity index is 6010. The van der Waals surface area contributed by atoms with E-state index in [1.807, 2.05) is 131 Å². The fraction of sp³-hybridized carbons (Fsp3) is 0.427. The van der Waals surface area contributed by atoms with E-state index in [2.05, 4.69) is 96.3 Å². The molecule has 0 spiro atoms. The van der Waals surface area contributed by atoms with Gasteiger partial charge in [0.2, 0.25) is 11.8 Å². The van der Waals surface area contributed by atoms with Gasteiger partial charge in [0.05, 0.1) is 35.9 Å². The number of imide groups is 2. The number of anilines is 5. The van der Waals surface area contributed by atoms with Gasteiger partial charge in [-0.15, -0.1) is 0 Å². The van der Waals surface area contributed by atoms with Crippen LogP contribution in [0, 0.1) is 5.92 Å². The molecule has 1 atom stereocenters. The molecule has 10 N–H and O–H groups in total. The topological polar surface area (TPSA) is 423 Å². The van der Waals surface area contributed by atoms with Crippen molar-refractivity contribution in [2.75, 3.05) is 96.6 Å². The van der Waals surface area contributed by atoms with Crippen molar-refractivity contribution in [2.24, 2.45) is 5.92 Å². The first kappa shape index (κ1) is 101. The number of carbonyl (C=O) groups excluding carboxylic acids is 7. The second kappa shape index (κ2) is 50.7. The van der Waals surface area contributed by atoms with E-state index in [9.17, 15) is 52.7 Å². The van der Waals surface area contributed by atoms with Crippen LogP contribution in [0.5, 0.6) is 28.7 Å². The Balaban J connectivity index is 0.000000130. The molecule has 12 amide bonds. The molecule has 6 saturated heterocycles. The monoisotopic (exact) mass is 1920 g/mol. The van der Waals surface area contributed by atoms with Crippen LogP contribution in [-0.2, 0) is 35.5 Å². The van der Waals surface area contributed by atoms with Crippen molar-refractivity contribution in [1.82, 2.24) is 81.2 Å². The van der Waals surface area contributed by atoms with Gasteiger partial charge in [-0.2, -0.15) is 10.2 Å².